The van der Waals surface area contributed by atoms with E-state index in [1.165, 1.54) is 12.1 Å². The first-order chi connectivity index (χ1) is 9.08. The number of pyridine rings is 1. The van der Waals surface area contributed by atoms with Gasteiger partial charge in [0.25, 0.3) is 0 Å². The second-order valence-electron chi connectivity index (χ2n) is 4.58. The molecule has 1 aromatic carbocycles. The number of aromatic nitrogens is 1. The van der Waals surface area contributed by atoms with Crippen molar-refractivity contribution in [1.29, 1.82) is 0 Å². The lowest BCUT2D eigenvalue weighted by Crippen LogP contribution is -2.20. The Hall–Kier alpha value is -1.94. The molecule has 0 aliphatic rings. The van der Waals surface area contributed by atoms with E-state index >= 15 is 0 Å². The van der Waals surface area contributed by atoms with E-state index < -0.39 is 6.10 Å². The zero-order valence-corrected chi connectivity index (χ0v) is 11.0. The van der Waals surface area contributed by atoms with E-state index in [2.05, 4.69) is 4.98 Å². The van der Waals surface area contributed by atoms with E-state index in [9.17, 15) is 9.50 Å². The molecule has 0 saturated carbocycles. The molecule has 0 spiro atoms. The van der Waals surface area contributed by atoms with Crippen molar-refractivity contribution < 1.29 is 9.50 Å². The highest BCUT2D eigenvalue weighted by atomic mass is 19.1. The van der Waals surface area contributed by atoms with Gasteiger partial charge in [-0.15, -0.1) is 0 Å². The molecular weight excluding hydrogens is 243 g/mol. The Morgan fingerprint density at radius 3 is 2.79 bits per heavy atom. The third-order valence-corrected chi connectivity index (χ3v) is 2.94. The van der Waals surface area contributed by atoms with Gasteiger partial charge in [0.2, 0.25) is 0 Å². The molecule has 100 valence electrons. The molecule has 19 heavy (non-hydrogen) atoms. The number of benzene rings is 1. The van der Waals surface area contributed by atoms with Crippen LogP contribution in [0.3, 0.4) is 0 Å². The van der Waals surface area contributed by atoms with E-state index in [0.717, 1.165) is 11.1 Å². The average Bonchev–Trinajstić information content (AvgIpc) is 2.38. The fourth-order valence-corrected chi connectivity index (χ4v) is 2.04. The van der Waals surface area contributed by atoms with E-state index in [-0.39, 0.29) is 5.82 Å². The van der Waals surface area contributed by atoms with Crippen LogP contribution in [-0.4, -0.2) is 17.1 Å². The molecule has 3 nitrogen and oxygen atoms in total. The number of hydrogen-bond acceptors (Lipinski definition) is 3. The van der Waals surface area contributed by atoms with Crippen LogP contribution in [0.4, 0.5) is 10.2 Å². The van der Waals surface area contributed by atoms with Crippen LogP contribution in [0.2, 0.25) is 0 Å². The topological polar surface area (TPSA) is 36.4 Å². The molecule has 0 amide bonds. The Morgan fingerprint density at radius 2 is 2.11 bits per heavy atom. The monoisotopic (exact) mass is 260 g/mol. The number of aliphatic hydroxyl groups excluding tert-OH is 1. The highest BCUT2D eigenvalue weighted by Crippen LogP contribution is 2.23. The van der Waals surface area contributed by atoms with Gasteiger partial charge in [0.15, 0.2) is 0 Å². The fourth-order valence-electron chi connectivity index (χ4n) is 2.04. The highest BCUT2D eigenvalue weighted by molar-refractivity contribution is 5.47. The van der Waals surface area contributed by atoms with Gasteiger partial charge in [0, 0.05) is 25.4 Å². The van der Waals surface area contributed by atoms with Crippen molar-refractivity contribution in [3.05, 3.63) is 59.5 Å². The molecule has 2 rings (SSSR count). The molecule has 4 heteroatoms. The van der Waals surface area contributed by atoms with Gasteiger partial charge >= 0.3 is 0 Å². The fraction of sp³-hybridized carbons (Fsp3) is 0.267. The number of anilines is 1. The quantitative estimate of drug-likeness (QED) is 0.918. The van der Waals surface area contributed by atoms with Crippen LogP contribution in [0.5, 0.6) is 0 Å². The average molecular weight is 260 g/mol. The maximum absolute atomic E-state index is 13.2. The van der Waals surface area contributed by atoms with Crippen LogP contribution in [0.15, 0.2) is 42.6 Å². The van der Waals surface area contributed by atoms with E-state index in [0.29, 0.717) is 12.4 Å². The SMILES string of the molecule is C[C@@H](O)c1cccnc1N(C)Cc1cccc(F)c1. The molecule has 0 radical (unpaired) electrons. The molecule has 2 aromatic rings. The zero-order chi connectivity index (χ0) is 13.8. The van der Waals surface area contributed by atoms with Crippen LogP contribution in [-0.2, 0) is 6.54 Å². The summed E-state index contributed by atoms with van der Waals surface area (Å²) in [6.45, 7) is 2.24. The van der Waals surface area contributed by atoms with Gasteiger partial charge in [0.1, 0.15) is 11.6 Å². The lowest BCUT2D eigenvalue weighted by atomic mass is 10.1. The molecule has 0 aliphatic heterocycles. The van der Waals surface area contributed by atoms with Gasteiger partial charge < -0.3 is 10.0 Å². The highest BCUT2D eigenvalue weighted by Gasteiger charge is 2.12. The molecular formula is C15H17FN2O. The van der Waals surface area contributed by atoms with Crippen LogP contribution < -0.4 is 4.90 Å². The first kappa shape index (κ1) is 13.5. The molecule has 1 heterocycles. The Bertz CT molecular complexity index is 557. The molecule has 0 saturated heterocycles. The summed E-state index contributed by atoms with van der Waals surface area (Å²) in [5.74, 6) is 0.462. The third kappa shape index (κ3) is 3.29. The van der Waals surface area contributed by atoms with Crippen LogP contribution in [0, 0.1) is 5.82 Å². The minimum atomic E-state index is -0.585. The number of aliphatic hydroxyl groups is 1. The second-order valence-corrected chi connectivity index (χ2v) is 4.58. The Morgan fingerprint density at radius 1 is 1.32 bits per heavy atom. The number of halogens is 1. The summed E-state index contributed by atoms with van der Waals surface area (Å²) in [5, 5.41) is 9.74. The van der Waals surface area contributed by atoms with Gasteiger partial charge in [-0.2, -0.15) is 0 Å². The van der Waals surface area contributed by atoms with Crippen molar-refractivity contribution in [1.82, 2.24) is 4.98 Å². The maximum atomic E-state index is 13.2. The molecule has 1 aromatic heterocycles. The zero-order valence-electron chi connectivity index (χ0n) is 11.0. The number of rotatable bonds is 4. The minimum Gasteiger partial charge on any atom is -0.389 e. The smallest absolute Gasteiger partial charge is 0.134 e. The summed E-state index contributed by atoms with van der Waals surface area (Å²) < 4.78 is 13.2. The lowest BCUT2D eigenvalue weighted by Gasteiger charge is -2.22. The summed E-state index contributed by atoms with van der Waals surface area (Å²) in [4.78, 5) is 6.19. The van der Waals surface area contributed by atoms with Crippen LogP contribution in [0.25, 0.3) is 0 Å². The van der Waals surface area contributed by atoms with Crippen molar-refractivity contribution in [3.8, 4) is 0 Å². The summed E-state index contributed by atoms with van der Waals surface area (Å²) >= 11 is 0. The second kappa shape index (κ2) is 5.80. The van der Waals surface area contributed by atoms with Gasteiger partial charge in [-0.1, -0.05) is 18.2 Å². The third-order valence-electron chi connectivity index (χ3n) is 2.94. The van der Waals surface area contributed by atoms with Gasteiger partial charge in [0.05, 0.1) is 6.10 Å². The molecule has 0 unspecified atom stereocenters. The standard InChI is InChI=1S/C15H17FN2O/c1-11(19)14-7-4-8-17-15(14)18(2)10-12-5-3-6-13(16)9-12/h3-9,11,19H,10H2,1-2H3/t11-/m1/s1. The van der Waals surface area contributed by atoms with Gasteiger partial charge in [-0.3, -0.25) is 0 Å². The predicted octanol–water partition coefficient (Wildman–Crippen LogP) is 2.91. The molecule has 0 aliphatic carbocycles. The minimum absolute atomic E-state index is 0.248. The summed E-state index contributed by atoms with van der Waals surface area (Å²) in [6, 6.07) is 10.1. The van der Waals surface area contributed by atoms with E-state index in [1.807, 2.05) is 24.1 Å². The van der Waals surface area contributed by atoms with E-state index in [1.54, 1.807) is 25.3 Å². The van der Waals surface area contributed by atoms with Crippen molar-refractivity contribution in [2.24, 2.45) is 0 Å². The first-order valence-electron chi connectivity index (χ1n) is 6.16. The molecule has 0 fully saturated rings. The van der Waals surface area contributed by atoms with E-state index in [4.69, 9.17) is 0 Å². The Labute approximate surface area is 112 Å². The Kier molecular flexibility index (Phi) is 4.12. The number of hydrogen-bond donors (Lipinski definition) is 1. The lowest BCUT2D eigenvalue weighted by molar-refractivity contribution is 0.199. The van der Waals surface area contributed by atoms with Gasteiger partial charge in [-0.05, 0) is 30.7 Å². The number of nitrogens with zero attached hydrogens (tertiary/aromatic N) is 2. The normalized spacial score (nSPS) is 12.2. The largest absolute Gasteiger partial charge is 0.389 e. The first-order valence-corrected chi connectivity index (χ1v) is 6.16. The summed E-state index contributed by atoms with van der Waals surface area (Å²) in [5.41, 5.74) is 1.63. The maximum Gasteiger partial charge on any atom is 0.134 e. The summed E-state index contributed by atoms with van der Waals surface area (Å²) in [6.07, 6.45) is 1.10. The Balaban J connectivity index is 2.23. The van der Waals surface area contributed by atoms with Crippen molar-refractivity contribution >= 4 is 5.82 Å². The van der Waals surface area contributed by atoms with Crippen molar-refractivity contribution in [2.75, 3.05) is 11.9 Å². The summed E-state index contributed by atoms with van der Waals surface area (Å²) in [7, 11) is 1.87. The molecule has 1 atom stereocenters. The van der Waals surface area contributed by atoms with Crippen LogP contribution in [0.1, 0.15) is 24.2 Å². The van der Waals surface area contributed by atoms with Crippen molar-refractivity contribution in [3.63, 3.8) is 0 Å². The van der Waals surface area contributed by atoms with Gasteiger partial charge in [-0.25, -0.2) is 9.37 Å². The molecule has 1 N–H and O–H groups in total. The predicted molar refractivity (Wildman–Crippen MR) is 73.4 cm³/mol. The van der Waals surface area contributed by atoms with Crippen LogP contribution >= 0.6 is 0 Å². The van der Waals surface area contributed by atoms with Crippen molar-refractivity contribution in [2.45, 2.75) is 19.6 Å². The molecule has 0 bridgehead atoms.